The van der Waals surface area contributed by atoms with E-state index in [0.29, 0.717) is 25.4 Å². The average Bonchev–Trinajstić information content (AvgIpc) is 2.42. The Kier molecular flexibility index (Phi) is 9.78. The predicted molar refractivity (Wildman–Crippen MR) is 82.4 cm³/mol. The van der Waals surface area contributed by atoms with Gasteiger partial charge in [-0.1, -0.05) is 19.8 Å². The molecule has 3 N–H and O–H groups in total. The summed E-state index contributed by atoms with van der Waals surface area (Å²) in [6, 6.07) is -0.214. The largest absolute Gasteiger partial charge is 0.481 e. The second kappa shape index (κ2) is 10.4. The summed E-state index contributed by atoms with van der Waals surface area (Å²) in [7, 11) is 1.61. The third-order valence-corrected chi connectivity index (χ3v) is 3.53. The molecular weight excluding hydrogens is 272 g/mol. The molecule has 0 aliphatic rings. The zero-order valence-electron chi connectivity index (χ0n) is 13.7. The summed E-state index contributed by atoms with van der Waals surface area (Å²) in [6.45, 7) is 6.88. The number of carbonyl (C=O) groups is 2. The number of hydrogen-bond acceptors (Lipinski definition) is 3. The van der Waals surface area contributed by atoms with Crippen LogP contribution < -0.4 is 10.6 Å². The van der Waals surface area contributed by atoms with Crippen LogP contribution in [0.4, 0.5) is 4.79 Å². The number of rotatable bonds is 11. The van der Waals surface area contributed by atoms with Gasteiger partial charge in [-0.25, -0.2) is 4.79 Å². The van der Waals surface area contributed by atoms with Crippen LogP contribution in [0.2, 0.25) is 0 Å². The number of hydrogen-bond donors (Lipinski definition) is 3. The Morgan fingerprint density at radius 2 is 1.86 bits per heavy atom. The van der Waals surface area contributed by atoms with E-state index in [9.17, 15) is 9.59 Å². The molecule has 2 amide bonds. The summed E-state index contributed by atoms with van der Waals surface area (Å²) in [5.74, 6) is -0.412. The highest BCUT2D eigenvalue weighted by atomic mass is 16.5. The minimum absolute atomic E-state index is 0.193. The number of ether oxygens (including phenoxy) is 1. The lowest BCUT2D eigenvalue weighted by atomic mass is 9.94. The average molecular weight is 302 g/mol. The monoisotopic (exact) mass is 302 g/mol. The highest BCUT2D eigenvalue weighted by molar-refractivity contribution is 5.73. The first-order valence-electron chi connectivity index (χ1n) is 7.59. The molecule has 1 atom stereocenters. The Bertz CT molecular complexity index is 319. The number of amides is 2. The molecule has 1 unspecified atom stereocenters. The van der Waals surface area contributed by atoms with Gasteiger partial charge in [-0.3, -0.25) is 4.79 Å². The summed E-state index contributed by atoms with van der Waals surface area (Å²) in [5, 5.41) is 14.3. The number of carboxylic acid groups (broad SMARTS) is 1. The number of nitrogens with one attached hydrogen (secondary N) is 2. The highest BCUT2D eigenvalue weighted by Gasteiger charge is 2.17. The van der Waals surface area contributed by atoms with Crippen LogP contribution in [0.1, 0.15) is 52.9 Å². The first kappa shape index (κ1) is 19.7. The van der Waals surface area contributed by atoms with E-state index in [-0.39, 0.29) is 18.1 Å². The number of carbonyl (C=O) groups excluding carboxylic acids is 1. The quantitative estimate of drug-likeness (QED) is 0.547. The Balaban J connectivity index is 3.91. The zero-order valence-corrected chi connectivity index (χ0v) is 13.7. The minimum Gasteiger partial charge on any atom is -0.481 e. The SMILES string of the molecule is CCCC(CCNC(=O)NCC(C)(C)OC)CCC(=O)O. The number of methoxy groups -OCH3 is 1. The summed E-state index contributed by atoms with van der Waals surface area (Å²) < 4.78 is 5.22. The van der Waals surface area contributed by atoms with Crippen molar-refractivity contribution in [1.29, 1.82) is 0 Å². The van der Waals surface area contributed by atoms with Gasteiger partial charge in [0.05, 0.1) is 5.60 Å². The summed E-state index contributed by atoms with van der Waals surface area (Å²) in [4.78, 5) is 22.2. The van der Waals surface area contributed by atoms with Crippen molar-refractivity contribution in [3.05, 3.63) is 0 Å². The van der Waals surface area contributed by atoms with Gasteiger partial charge in [0.25, 0.3) is 0 Å². The van der Waals surface area contributed by atoms with Crippen molar-refractivity contribution in [2.24, 2.45) is 5.92 Å². The van der Waals surface area contributed by atoms with E-state index < -0.39 is 5.97 Å². The molecule has 6 heteroatoms. The Hall–Kier alpha value is -1.30. The van der Waals surface area contributed by atoms with Gasteiger partial charge in [0.2, 0.25) is 0 Å². The van der Waals surface area contributed by atoms with Gasteiger partial charge < -0.3 is 20.5 Å². The van der Waals surface area contributed by atoms with Crippen molar-refractivity contribution >= 4 is 12.0 Å². The fourth-order valence-electron chi connectivity index (χ4n) is 1.99. The van der Waals surface area contributed by atoms with E-state index in [1.165, 1.54) is 0 Å². The summed E-state index contributed by atoms with van der Waals surface area (Å²) in [6.07, 6.45) is 3.69. The molecule has 0 fully saturated rings. The van der Waals surface area contributed by atoms with Crippen LogP contribution in [0, 0.1) is 5.92 Å². The standard InChI is InChI=1S/C15H30N2O4/c1-5-6-12(7-8-13(18)19)9-10-16-14(20)17-11-15(2,3)21-4/h12H,5-11H2,1-4H3,(H,18,19)(H2,16,17,20). The molecular formula is C15H30N2O4. The first-order valence-corrected chi connectivity index (χ1v) is 7.59. The van der Waals surface area contributed by atoms with Crippen LogP contribution in [-0.2, 0) is 9.53 Å². The zero-order chi connectivity index (χ0) is 16.3. The highest BCUT2D eigenvalue weighted by Crippen LogP contribution is 2.17. The smallest absolute Gasteiger partial charge is 0.314 e. The van der Waals surface area contributed by atoms with E-state index in [2.05, 4.69) is 17.6 Å². The van der Waals surface area contributed by atoms with Crippen molar-refractivity contribution < 1.29 is 19.4 Å². The van der Waals surface area contributed by atoms with Crippen LogP contribution in [0.25, 0.3) is 0 Å². The Morgan fingerprint density at radius 1 is 1.19 bits per heavy atom. The normalized spacial score (nSPS) is 12.8. The maximum absolute atomic E-state index is 11.6. The fourth-order valence-corrected chi connectivity index (χ4v) is 1.99. The lowest BCUT2D eigenvalue weighted by Gasteiger charge is -2.23. The molecule has 0 aromatic heterocycles. The summed E-state index contributed by atoms with van der Waals surface area (Å²) >= 11 is 0. The van der Waals surface area contributed by atoms with E-state index in [4.69, 9.17) is 9.84 Å². The van der Waals surface area contributed by atoms with Gasteiger partial charge in [-0.2, -0.15) is 0 Å². The Labute approximate surface area is 127 Å². The maximum atomic E-state index is 11.6. The second-order valence-corrected chi connectivity index (χ2v) is 5.95. The maximum Gasteiger partial charge on any atom is 0.314 e. The predicted octanol–water partition coefficient (Wildman–Crippen LogP) is 2.38. The van der Waals surface area contributed by atoms with Crippen LogP contribution in [0.3, 0.4) is 0 Å². The third kappa shape index (κ3) is 11.1. The van der Waals surface area contributed by atoms with Gasteiger partial charge in [0.1, 0.15) is 0 Å². The van der Waals surface area contributed by atoms with Crippen molar-refractivity contribution in [2.45, 2.75) is 58.5 Å². The molecule has 124 valence electrons. The van der Waals surface area contributed by atoms with Crippen molar-refractivity contribution in [1.82, 2.24) is 10.6 Å². The van der Waals surface area contributed by atoms with Crippen LogP contribution >= 0.6 is 0 Å². The lowest BCUT2D eigenvalue weighted by Crippen LogP contribution is -2.44. The topological polar surface area (TPSA) is 87.7 Å². The number of aliphatic carboxylic acids is 1. The van der Waals surface area contributed by atoms with Crippen molar-refractivity contribution in [2.75, 3.05) is 20.2 Å². The molecule has 0 bridgehead atoms. The first-order chi connectivity index (χ1) is 9.80. The molecule has 0 radical (unpaired) electrons. The molecule has 0 saturated carbocycles. The van der Waals surface area contributed by atoms with Crippen LogP contribution in [0.15, 0.2) is 0 Å². The number of urea groups is 1. The Morgan fingerprint density at radius 3 is 2.38 bits per heavy atom. The molecule has 21 heavy (non-hydrogen) atoms. The molecule has 0 saturated heterocycles. The molecule has 0 aromatic rings. The van der Waals surface area contributed by atoms with E-state index in [1.807, 2.05) is 13.8 Å². The molecule has 0 spiro atoms. The van der Waals surface area contributed by atoms with Gasteiger partial charge >= 0.3 is 12.0 Å². The molecule has 0 aliphatic carbocycles. The lowest BCUT2D eigenvalue weighted by molar-refractivity contribution is -0.137. The second-order valence-electron chi connectivity index (χ2n) is 5.95. The van der Waals surface area contributed by atoms with Gasteiger partial charge in [0, 0.05) is 26.6 Å². The molecule has 0 heterocycles. The summed E-state index contributed by atoms with van der Waals surface area (Å²) in [5.41, 5.74) is -0.385. The van der Waals surface area contributed by atoms with Crippen LogP contribution in [0.5, 0.6) is 0 Å². The van der Waals surface area contributed by atoms with Gasteiger partial charge in [-0.15, -0.1) is 0 Å². The van der Waals surface area contributed by atoms with E-state index >= 15 is 0 Å². The van der Waals surface area contributed by atoms with E-state index in [0.717, 1.165) is 19.3 Å². The third-order valence-electron chi connectivity index (χ3n) is 3.53. The van der Waals surface area contributed by atoms with Crippen molar-refractivity contribution in [3.8, 4) is 0 Å². The van der Waals surface area contributed by atoms with Gasteiger partial charge in [-0.05, 0) is 32.6 Å². The van der Waals surface area contributed by atoms with Crippen molar-refractivity contribution in [3.63, 3.8) is 0 Å². The molecule has 0 rings (SSSR count). The fraction of sp³-hybridized carbons (Fsp3) is 0.867. The van der Waals surface area contributed by atoms with Crippen LogP contribution in [-0.4, -0.2) is 42.9 Å². The molecule has 6 nitrogen and oxygen atoms in total. The van der Waals surface area contributed by atoms with E-state index in [1.54, 1.807) is 7.11 Å². The minimum atomic E-state index is -0.761. The molecule has 0 aliphatic heterocycles. The van der Waals surface area contributed by atoms with Gasteiger partial charge in [0.15, 0.2) is 0 Å². The number of carboxylic acids is 1. The molecule has 0 aromatic carbocycles.